The normalized spacial score (nSPS) is 22.7. The summed E-state index contributed by atoms with van der Waals surface area (Å²) >= 11 is 1.65. The maximum absolute atomic E-state index is 12.1. The number of carbonyl (C=O) groups is 2. The lowest BCUT2D eigenvalue weighted by molar-refractivity contribution is -0.152. The van der Waals surface area contributed by atoms with E-state index in [1.807, 2.05) is 0 Å². The molecular weight excluding hydrogens is 286 g/mol. The van der Waals surface area contributed by atoms with Crippen LogP contribution in [0.15, 0.2) is 0 Å². The Bertz CT molecular complexity index is 405. The molecule has 1 saturated heterocycles. The molecule has 0 aromatic carbocycles. The Hall–Kier alpha value is -1.15. The fourth-order valence-electron chi connectivity index (χ4n) is 2.66. The van der Waals surface area contributed by atoms with Crippen LogP contribution in [0.2, 0.25) is 0 Å². The van der Waals surface area contributed by atoms with Gasteiger partial charge in [0.05, 0.1) is 12.0 Å². The molecule has 1 fully saturated rings. The molecule has 0 bridgehead atoms. The van der Waals surface area contributed by atoms with E-state index in [0.717, 1.165) is 25.7 Å². The smallest absolute Gasteiger partial charge is 0.329 e. The molecule has 1 aliphatic heterocycles. The molecule has 0 spiro atoms. The van der Waals surface area contributed by atoms with Crippen molar-refractivity contribution >= 4 is 23.6 Å². The van der Waals surface area contributed by atoms with Crippen LogP contribution in [0.25, 0.3) is 0 Å². The quantitative estimate of drug-likeness (QED) is 0.536. The average molecular weight is 311 g/mol. The number of nitrogens with zero attached hydrogens (tertiary/aromatic N) is 1. The predicted molar refractivity (Wildman–Crippen MR) is 85.7 cm³/mol. The molecule has 3 atom stereocenters. The maximum Gasteiger partial charge on any atom is 0.329 e. The van der Waals surface area contributed by atoms with Crippen LogP contribution in [0.3, 0.4) is 0 Å². The second-order valence-electron chi connectivity index (χ2n) is 5.16. The molecule has 21 heavy (non-hydrogen) atoms. The lowest BCUT2D eigenvalue weighted by Crippen LogP contribution is -2.48. The third-order valence-electron chi connectivity index (χ3n) is 3.81. The number of rotatable bonds is 7. The molecule has 0 saturated carbocycles. The van der Waals surface area contributed by atoms with Gasteiger partial charge in [0.2, 0.25) is 0 Å². The van der Waals surface area contributed by atoms with Crippen LogP contribution < -0.4 is 0 Å². The molecule has 1 aliphatic rings. The fourth-order valence-corrected chi connectivity index (χ4v) is 4.34. The molecule has 0 aromatic heterocycles. The van der Waals surface area contributed by atoms with Gasteiger partial charge >= 0.3 is 5.97 Å². The van der Waals surface area contributed by atoms with E-state index in [1.54, 1.807) is 23.6 Å². The van der Waals surface area contributed by atoms with Crippen molar-refractivity contribution in [3.8, 4) is 12.3 Å². The zero-order valence-electron chi connectivity index (χ0n) is 13.1. The highest BCUT2D eigenvalue weighted by Gasteiger charge is 2.44. The highest BCUT2D eigenvalue weighted by molar-refractivity contribution is 8.00. The van der Waals surface area contributed by atoms with Gasteiger partial charge < -0.3 is 9.64 Å². The van der Waals surface area contributed by atoms with Crippen molar-refractivity contribution in [1.29, 1.82) is 0 Å². The summed E-state index contributed by atoms with van der Waals surface area (Å²) in [6.45, 7) is 6.36. The molecule has 1 rings (SSSR count). The van der Waals surface area contributed by atoms with E-state index in [2.05, 4.69) is 19.8 Å². The van der Waals surface area contributed by atoms with Crippen LogP contribution in [-0.4, -0.2) is 40.6 Å². The third kappa shape index (κ3) is 4.41. The van der Waals surface area contributed by atoms with Gasteiger partial charge in [0.25, 0.3) is 5.91 Å². The van der Waals surface area contributed by atoms with Crippen molar-refractivity contribution in [1.82, 2.24) is 4.90 Å². The van der Waals surface area contributed by atoms with E-state index in [0.29, 0.717) is 18.3 Å². The lowest BCUT2D eigenvalue weighted by atomic mass is 9.97. The number of carbonyl (C=O) groups excluding carboxylic acids is 2. The van der Waals surface area contributed by atoms with Crippen molar-refractivity contribution in [2.24, 2.45) is 5.92 Å². The number of hydrogen-bond acceptors (Lipinski definition) is 4. The molecule has 1 heterocycles. The summed E-state index contributed by atoms with van der Waals surface area (Å²) in [5, 5.41) is -0.0143. The summed E-state index contributed by atoms with van der Waals surface area (Å²) < 4.78 is 5.08. The van der Waals surface area contributed by atoms with E-state index in [4.69, 9.17) is 11.2 Å². The zero-order chi connectivity index (χ0) is 15.8. The first kappa shape index (κ1) is 17.9. The monoisotopic (exact) mass is 311 g/mol. The highest BCUT2D eigenvalue weighted by atomic mass is 32.2. The molecule has 0 aliphatic carbocycles. The molecule has 2 unspecified atom stereocenters. The van der Waals surface area contributed by atoms with Gasteiger partial charge in [0.1, 0.15) is 6.04 Å². The van der Waals surface area contributed by atoms with Gasteiger partial charge in [-0.05, 0) is 25.2 Å². The number of amides is 1. The predicted octanol–water partition coefficient (Wildman–Crippen LogP) is 2.67. The molecule has 0 radical (unpaired) electrons. The first-order chi connectivity index (χ1) is 10.1. The summed E-state index contributed by atoms with van der Waals surface area (Å²) in [4.78, 5) is 25.7. The minimum Gasteiger partial charge on any atom is -0.464 e. The summed E-state index contributed by atoms with van der Waals surface area (Å²) in [7, 11) is 0. The van der Waals surface area contributed by atoms with Crippen LogP contribution in [0.5, 0.6) is 0 Å². The number of ether oxygens (including phenoxy) is 1. The maximum atomic E-state index is 12.1. The first-order valence-corrected chi connectivity index (χ1v) is 8.72. The third-order valence-corrected chi connectivity index (χ3v) is 5.27. The van der Waals surface area contributed by atoms with Gasteiger partial charge in [-0.3, -0.25) is 4.79 Å². The van der Waals surface area contributed by atoms with Gasteiger partial charge in [-0.2, -0.15) is 0 Å². The van der Waals surface area contributed by atoms with E-state index in [9.17, 15) is 9.59 Å². The summed E-state index contributed by atoms with van der Waals surface area (Å²) in [5.74, 6) is 2.35. The van der Waals surface area contributed by atoms with Crippen molar-refractivity contribution in [3.63, 3.8) is 0 Å². The molecule has 0 aromatic rings. The Balaban J connectivity index is 2.91. The van der Waals surface area contributed by atoms with E-state index in [-0.39, 0.29) is 11.3 Å². The van der Waals surface area contributed by atoms with E-state index in [1.165, 1.54) is 0 Å². The topological polar surface area (TPSA) is 46.6 Å². The van der Waals surface area contributed by atoms with Gasteiger partial charge in [0, 0.05) is 5.75 Å². The largest absolute Gasteiger partial charge is 0.464 e. The number of thioether (sulfide) groups is 1. The Morgan fingerprint density at radius 1 is 1.43 bits per heavy atom. The average Bonchev–Trinajstić information content (AvgIpc) is 2.92. The Labute approximate surface area is 132 Å². The van der Waals surface area contributed by atoms with Crippen molar-refractivity contribution in [2.45, 2.75) is 57.9 Å². The molecule has 1 amide bonds. The molecule has 4 nitrogen and oxygen atoms in total. The highest BCUT2D eigenvalue weighted by Crippen LogP contribution is 2.38. The number of esters is 1. The summed E-state index contributed by atoms with van der Waals surface area (Å²) in [5.41, 5.74) is 0. The van der Waals surface area contributed by atoms with Gasteiger partial charge in [-0.1, -0.05) is 33.1 Å². The Morgan fingerprint density at radius 3 is 2.67 bits per heavy atom. The number of unbranched alkanes of at least 4 members (excludes halogenated alkanes) is 1. The minimum atomic E-state index is -0.542. The van der Waals surface area contributed by atoms with Gasteiger partial charge in [-0.25, -0.2) is 4.79 Å². The van der Waals surface area contributed by atoms with Crippen LogP contribution in [0.4, 0.5) is 0 Å². The second-order valence-corrected chi connectivity index (χ2v) is 6.31. The zero-order valence-corrected chi connectivity index (χ0v) is 13.9. The minimum absolute atomic E-state index is 0.0143. The Kier molecular flexibility index (Phi) is 7.66. The number of hydrogen-bond donors (Lipinski definition) is 0. The number of terminal acetylenes is 1. The molecule has 118 valence electrons. The van der Waals surface area contributed by atoms with Crippen LogP contribution in [0.1, 0.15) is 46.5 Å². The SMILES string of the molecule is C#CC(=O)N1C(C(CC)CCCC)SC[C@@H]1C(=O)OCC. The van der Waals surface area contributed by atoms with Crippen LogP contribution in [0, 0.1) is 18.3 Å². The van der Waals surface area contributed by atoms with Crippen molar-refractivity contribution in [2.75, 3.05) is 12.4 Å². The van der Waals surface area contributed by atoms with E-state index >= 15 is 0 Å². The van der Waals surface area contributed by atoms with Crippen LogP contribution in [-0.2, 0) is 14.3 Å². The Morgan fingerprint density at radius 2 is 2.14 bits per heavy atom. The van der Waals surface area contributed by atoms with E-state index < -0.39 is 11.9 Å². The standard InChI is InChI=1S/C16H25NO3S/c1-5-9-10-12(6-2)15-17(14(18)7-3)13(11-21-15)16(19)20-8-4/h3,12-13,15H,5-6,8-11H2,1-2,4H3/t12?,13-,15?/m1/s1. The van der Waals surface area contributed by atoms with Gasteiger partial charge in [0.15, 0.2) is 0 Å². The summed E-state index contributed by atoms with van der Waals surface area (Å²) in [6.07, 6.45) is 9.56. The molecular formula is C16H25NO3S. The van der Waals surface area contributed by atoms with Crippen molar-refractivity contribution in [3.05, 3.63) is 0 Å². The molecule has 5 heteroatoms. The second kappa shape index (κ2) is 8.99. The van der Waals surface area contributed by atoms with Crippen molar-refractivity contribution < 1.29 is 14.3 Å². The van der Waals surface area contributed by atoms with Crippen LogP contribution >= 0.6 is 11.8 Å². The summed E-state index contributed by atoms with van der Waals surface area (Å²) in [6, 6.07) is -0.542. The van der Waals surface area contributed by atoms with Gasteiger partial charge in [-0.15, -0.1) is 18.2 Å². The lowest BCUT2D eigenvalue weighted by Gasteiger charge is -2.31. The fraction of sp³-hybridized carbons (Fsp3) is 0.750. The molecule has 0 N–H and O–H groups in total. The first-order valence-electron chi connectivity index (χ1n) is 7.67.